The van der Waals surface area contributed by atoms with Gasteiger partial charge in [0.25, 0.3) is 5.91 Å². The van der Waals surface area contributed by atoms with Gasteiger partial charge in [-0.15, -0.1) is 12.4 Å². The summed E-state index contributed by atoms with van der Waals surface area (Å²) < 4.78 is 0. The Morgan fingerprint density at radius 3 is 2.94 bits per heavy atom. The molecule has 0 unspecified atom stereocenters. The van der Waals surface area contributed by atoms with Gasteiger partial charge in [-0.05, 0) is 13.0 Å². The van der Waals surface area contributed by atoms with Crippen molar-refractivity contribution in [1.82, 2.24) is 15.2 Å². The van der Waals surface area contributed by atoms with Crippen LogP contribution in [0.1, 0.15) is 17.4 Å². The first-order valence-electron chi connectivity index (χ1n) is 5.03. The largest absolute Gasteiger partial charge is 0.356 e. The van der Waals surface area contributed by atoms with Crippen LogP contribution < -0.4 is 5.32 Å². The van der Waals surface area contributed by atoms with Crippen molar-refractivity contribution in [2.45, 2.75) is 13.0 Å². The first-order valence-corrected chi connectivity index (χ1v) is 5.41. The molecule has 16 heavy (non-hydrogen) atoms. The molecule has 2 N–H and O–H groups in total. The van der Waals surface area contributed by atoms with Gasteiger partial charge in [-0.25, -0.2) is 0 Å². The number of aromatic nitrogens is 1. The number of amides is 1. The maximum Gasteiger partial charge on any atom is 0.270 e. The lowest BCUT2D eigenvalue weighted by atomic mass is 10.2. The van der Waals surface area contributed by atoms with E-state index in [0.29, 0.717) is 16.8 Å². The van der Waals surface area contributed by atoms with Crippen LogP contribution in [-0.4, -0.2) is 41.5 Å². The number of nitrogens with zero attached hydrogens (tertiary/aromatic N) is 1. The third-order valence-corrected chi connectivity index (χ3v) is 2.75. The van der Waals surface area contributed by atoms with E-state index in [0.717, 1.165) is 19.6 Å². The van der Waals surface area contributed by atoms with E-state index in [4.69, 9.17) is 11.6 Å². The fourth-order valence-corrected chi connectivity index (χ4v) is 1.94. The lowest BCUT2D eigenvalue weighted by Crippen LogP contribution is -2.51. The molecule has 1 saturated heterocycles. The average molecular weight is 264 g/mol. The van der Waals surface area contributed by atoms with Crippen LogP contribution in [0.3, 0.4) is 0 Å². The highest BCUT2D eigenvalue weighted by molar-refractivity contribution is 6.30. The smallest absolute Gasteiger partial charge is 0.270 e. The number of hydrogen-bond acceptors (Lipinski definition) is 2. The summed E-state index contributed by atoms with van der Waals surface area (Å²) in [6.07, 6.45) is 1.63. The summed E-state index contributed by atoms with van der Waals surface area (Å²) in [7, 11) is 0. The molecule has 0 radical (unpaired) electrons. The zero-order valence-electron chi connectivity index (χ0n) is 9.00. The summed E-state index contributed by atoms with van der Waals surface area (Å²) in [5.74, 6) is 0.0234. The SMILES string of the molecule is C[C@@H]1CN(C(=O)c2cc(Cl)c[nH]2)CCN1.Cl. The highest BCUT2D eigenvalue weighted by Gasteiger charge is 2.22. The summed E-state index contributed by atoms with van der Waals surface area (Å²) in [4.78, 5) is 16.7. The molecule has 1 aromatic heterocycles. The fourth-order valence-electron chi connectivity index (χ4n) is 1.78. The van der Waals surface area contributed by atoms with E-state index in [2.05, 4.69) is 17.2 Å². The quantitative estimate of drug-likeness (QED) is 0.808. The zero-order chi connectivity index (χ0) is 10.8. The Labute approximate surface area is 106 Å². The first-order chi connectivity index (χ1) is 7.16. The van der Waals surface area contributed by atoms with E-state index >= 15 is 0 Å². The highest BCUT2D eigenvalue weighted by Crippen LogP contribution is 2.12. The molecule has 0 bridgehead atoms. The predicted octanol–water partition coefficient (Wildman–Crippen LogP) is 1.52. The minimum atomic E-state index is 0. The molecule has 1 aromatic rings. The molecule has 1 amide bonds. The molecule has 1 fully saturated rings. The Morgan fingerprint density at radius 2 is 2.38 bits per heavy atom. The van der Waals surface area contributed by atoms with Crippen molar-refractivity contribution in [1.29, 1.82) is 0 Å². The summed E-state index contributed by atoms with van der Waals surface area (Å²) in [6.45, 7) is 4.41. The Bertz CT molecular complexity index is 367. The molecule has 0 aromatic carbocycles. The van der Waals surface area contributed by atoms with E-state index in [-0.39, 0.29) is 18.3 Å². The monoisotopic (exact) mass is 263 g/mol. The Hall–Kier alpha value is -0.710. The molecule has 1 aliphatic heterocycles. The van der Waals surface area contributed by atoms with Crippen molar-refractivity contribution in [2.75, 3.05) is 19.6 Å². The molecule has 90 valence electrons. The van der Waals surface area contributed by atoms with E-state index in [1.54, 1.807) is 12.3 Å². The van der Waals surface area contributed by atoms with Crippen molar-refractivity contribution in [3.63, 3.8) is 0 Å². The Morgan fingerprint density at radius 1 is 1.62 bits per heavy atom. The number of H-pyrrole nitrogens is 1. The summed E-state index contributed by atoms with van der Waals surface area (Å²) >= 11 is 5.76. The zero-order valence-corrected chi connectivity index (χ0v) is 10.6. The number of halogens is 2. The maximum absolute atomic E-state index is 12.0. The number of carbonyl (C=O) groups excluding carboxylic acids is 1. The topological polar surface area (TPSA) is 48.1 Å². The van der Waals surface area contributed by atoms with Crippen LogP contribution in [0.25, 0.3) is 0 Å². The van der Waals surface area contributed by atoms with Gasteiger partial charge in [0.05, 0.1) is 5.02 Å². The average Bonchev–Trinajstić information content (AvgIpc) is 2.64. The molecule has 6 heteroatoms. The molecule has 0 spiro atoms. The van der Waals surface area contributed by atoms with E-state index in [1.165, 1.54) is 0 Å². The number of nitrogens with one attached hydrogen (secondary N) is 2. The molecule has 0 aliphatic carbocycles. The molecular weight excluding hydrogens is 249 g/mol. The van der Waals surface area contributed by atoms with E-state index in [1.807, 2.05) is 4.90 Å². The van der Waals surface area contributed by atoms with Gasteiger partial charge in [-0.3, -0.25) is 4.79 Å². The number of aromatic amines is 1. The number of piperazine rings is 1. The second-order valence-electron chi connectivity index (χ2n) is 3.84. The molecular formula is C10H15Cl2N3O. The van der Waals surface area contributed by atoms with Gasteiger partial charge in [0.15, 0.2) is 0 Å². The van der Waals surface area contributed by atoms with Gasteiger partial charge in [-0.2, -0.15) is 0 Å². The Kier molecular flexibility index (Phi) is 4.65. The van der Waals surface area contributed by atoms with Crippen molar-refractivity contribution in [2.24, 2.45) is 0 Å². The van der Waals surface area contributed by atoms with Gasteiger partial charge in [-0.1, -0.05) is 11.6 Å². The number of carbonyl (C=O) groups is 1. The van der Waals surface area contributed by atoms with Crippen LogP contribution in [0.15, 0.2) is 12.3 Å². The normalized spacial score (nSPS) is 20.4. The standard InChI is InChI=1S/C10H14ClN3O.ClH/c1-7-6-14(3-2-12-7)10(15)9-4-8(11)5-13-9;/h4-5,7,12-13H,2-3,6H2,1H3;1H/t7-;/m1./s1. The number of rotatable bonds is 1. The Balaban J connectivity index is 0.00000128. The van der Waals surface area contributed by atoms with Crippen LogP contribution in [0.2, 0.25) is 5.02 Å². The molecule has 1 aliphatic rings. The van der Waals surface area contributed by atoms with Gasteiger partial charge < -0.3 is 15.2 Å². The third-order valence-electron chi connectivity index (χ3n) is 2.53. The second-order valence-corrected chi connectivity index (χ2v) is 4.27. The summed E-state index contributed by atoms with van der Waals surface area (Å²) in [5, 5.41) is 3.86. The van der Waals surface area contributed by atoms with Crippen LogP contribution in [-0.2, 0) is 0 Å². The van der Waals surface area contributed by atoms with Crippen molar-refractivity contribution in [3.05, 3.63) is 23.0 Å². The predicted molar refractivity (Wildman–Crippen MR) is 66.4 cm³/mol. The lowest BCUT2D eigenvalue weighted by molar-refractivity contribution is 0.0704. The molecule has 2 heterocycles. The van der Waals surface area contributed by atoms with Crippen molar-refractivity contribution < 1.29 is 4.79 Å². The number of hydrogen-bond donors (Lipinski definition) is 2. The van der Waals surface area contributed by atoms with Crippen LogP contribution in [0, 0.1) is 0 Å². The maximum atomic E-state index is 12.0. The second kappa shape index (κ2) is 5.57. The lowest BCUT2D eigenvalue weighted by Gasteiger charge is -2.31. The molecule has 2 rings (SSSR count). The van der Waals surface area contributed by atoms with Gasteiger partial charge in [0.2, 0.25) is 0 Å². The van der Waals surface area contributed by atoms with Gasteiger partial charge in [0, 0.05) is 31.9 Å². The molecule has 1 atom stereocenters. The minimum absolute atomic E-state index is 0. The third kappa shape index (κ3) is 2.90. The molecule has 0 saturated carbocycles. The van der Waals surface area contributed by atoms with Crippen molar-refractivity contribution >= 4 is 29.9 Å². The molecule has 4 nitrogen and oxygen atoms in total. The summed E-state index contributed by atoms with van der Waals surface area (Å²) in [5.41, 5.74) is 0.564. The minimum Gasteiger partial charge on any atom is -0.356 e. The van der Waals surface area contributed by atoms with Crippen LogP contribution in [0.5, 0.6) is 0 Å². The van der Waals surface area contributed by atoms with Crippen molar-refractivity contribution in [3.8, 4) is 0 Å². The van der Waals surface area contributed by atoms with E-state index in [9.17, 15) is 4.79 Å². The van der Waals surface area contributed by atoms with Crippen LogP contribution >= 0.6 is 24.0 Å². The van der Waals surface area contributed by atoms with Gasteiger partial charge in [0.1, 0.15) is 5.69 Å². The van der Waals surface area contributed by atoms with Gasteiger partial charge >= 0.3 is 0 Å². The van der Waals surface area contributed by atoms with Crippen LogP contribution in [0.4, 0.5) is 0 Å². The van der Waals surface area contributed by atoms with E-state index < -0.39 is 0 Å². The fraction of sp³-hybridized carbons (Fsp3) is 0.500. The summed E-state index contributed by atoms with van der Waals surface area (Å²) in [6, 6.07) is 2.02. The first kappa shape index (κ1) is 13.4. The highest BCUT2D eigenvalue weighted by atomic mass is 35.5.